The fraction of sp³-hybridized carbons (Fsp3) is 0.500. The third-order valence-corrected chi connectivity index (χ3v) is 4.60. The number of carbonyl (C=O) groups excluding carboxylic acids is 1. The summed E-state index contributed by atoms with van der Waals surface area (Å²) in [4.78, 5) is 15.0. The fourth-order valence-electron chi connectivity index (χ4n) is 2.18. The molecule has 1 unspecified atom stereocenters. The van der Waals surface area contributed by atoms with E-state index in [4.69, 9.17) is 5.73 Å². The highest BCUT2D eigenvalue weighted by atomic mass is 32.2. The van der Waals surface area contributed by atoms with Crippen molar-refractivity contribution in [2.75, 3.05) is 25.4 Å². The van der Waals surface area contributed by atoms with Crippen molar-refractivity contribution in [3.63, 3.8) is 0 Å². The van der Waals surface area contributed by atoms with E-state index in [1.165, 1.54) is 11.8 Å². The van der Waals surface area contributed by atoms with E-state index in [-0.39, 0.29) is 17.1 Å². The van der Waals surface area contributed by atoms with Gasteiger partial charge in [0.1, 0.15) is 5.75 Å². The first-order valence-electron chi connectivity index (χ1n) is 6.42. The zero-order chi connectivity index (χ0) is 13.9. The van der Waals surface area contributed by atoms with E-state index in [0.717, 1.165) is 24.4 Å². The number of hydrogen-bond acceptors (Lipinski definition) is 4. The standard InChI is InChI=1S/C14H20N2O2S/c1-14(9-15)6-7-16(10-14)13(18)8-19-12-4-2-11(17)3-5-12/h2-5,17H,6-10,15H2,1H3. The number of thioether (sulfide) groups is 1. The molecule has 1 aromatic carbocycles. The molecule has 5 heteroatoms. The fourth-order valence-corrected chi connectivity index (χ4v) is 2.98. The highest BCUT2D eigenvalue weighted by Gasteiger charge is 2.34. The number of phenolic OH excluding ortho intramolecular Hbond substituents is 1. The summed E-state index contributed by atoms with van der Waals surface area (Å²) in [6, 6.07) is 6.91. The normalized spacial score (nSPS) is 22.7. The average Bonchev–Trinajstić information content (AvgIpc) is 2.81. The molecule has 1 aromatic rings. The third kappa shape index (κ3) is 3.64. The lowest BCUT2D eigenvalue weighted by molar-refractivity contribution is -0.127. The molecule has 1 saturated heterocycles. The Kier molecular flexibility index (Phi) is 4.37. The van der Waals surface area contributed by atoms with Gasteiger partial charge in [-0.05, 0) is 42.6 Å². The first-order valence-corrected chi connectivity index (χ1v) is 7.41. The summed E-state index contributed by atoms with van der Waals surface area (Å²) in [6.07, 6.45) is 0.985. The molecular weight excluding hydrogens is 260 g/mol. The maximum atomic E-state index is 12.1. The van der Waals surface area contributed by atoms with Gasteiger partial charge < -0.3 is 15.7 Å². The predicted molar refractivity (Wildman–Crippen MR) is 77.2 cm³/mol. The Morgan fingerprint density at radius 3 is 2.74 bits per heavy atom. The van der Waals surface area contributed by atoms with Gasteiger partial charge >= 0.3 is 0 Å². The third-order valence-electron chi connectivity index (χ3n) is 3.60. The molecule has 104 valence electrons. The van der Waals surface area contributed by atoms with E-state index >= 15 is 0 Å². The van der Waals surface area contributed by atoms with Crippen LogP contribution in [0.15, 0.2) is 29.2 Å². The summed E-state index contributed by atoms with van der Waals surface area (Å²) in [7, 11) is 0. The van der Waals surface area contributed by atoms with Crippen LogP contribution in [0.2, 0.25) is 0 Å². The maximum absolute atomic E-state index is 12.1. The summed E-state index contributed by atoms with van der Waals surface area (Å²) in [5.41, 5.74) is 5.82. The molecule has 1 heterocycles. The largest absolute Gasteiger partial charge is 0.508 e. The number of phenols is 1. The van der Waals surface area contributed by atoms with Gasteiger partial charge in [0.2, 0.25) is 5.91 Å². The van der Waals surface area contributed by atoms with Crippen molar-refractivity contribution in [2.45, 2.75) is 18.2 Å². The molecule has 1 fully saturated rings. The summed E-state index contributed by atoms with van der Waals surface area (Å²) in [6.45, 7) is 4.33. The SMILES string of the molecule is CC1(CN)CCN(C(=O)CSc2ccc(O)cc2)C1. The van der Waals surface area contributed by atoms with Gasteiger partial charge in [-0.2, -0.15) is 0 Å². The van der Waals surface area contributed by atoms with Crippen molar-refractivity contribution < 1.29 is 9.90 Å². The van der Waals surface area contributed by atoms with Crippen LogP contribution < -0.4 is 5.73 Å². The number of benzene rings is 1. The van der Waals surface area contributed by atoms with E-state index in [2.05, 4.69) is 6.92 Å². The molecular formula is C14H20N2O2S. The quantitative estimate of drug-likeness (QED) is 0.824. The molecule has 3 N–H and O–H groups in total. The highest BCUT2D eigenvalue weighted by Crippen LogP contribution is 2.29. The van der Waals surface area contributed by atoms with Gasteiger partial charge in [-0.15, -0.1) is 11.8 Å². The number of amides is 1. The second-order valence-corrected chi connectivity index (χ2v) is 6.41. The lowest BCUT2D eigenvalue weighted by Gasteiger charge is -2.22. The Bertz CT molecular complexity index is 449. The van der Waals surface area contributed by atoms with Crippen LogP contribution in [0.4, 0.5) is 0 Å². The Labute approximate surface area is 118 Å². The highest BCUT2D eigenvalue weighted by molar-refractivity contribution is 8.00. The minimum atomic E-state index is 0.0822. The van der Waals surface area contributed by atoms with Crippen molar-refractivity contribution in [1.29, 1.82) is 0 Å². The van der Waals surface area contributed by atoms with Crippen LogP contribution in [-0.4, -0.2) is 41.3 Å². The van der Waals surface area contributed by atoms with Crippen molar-refractivity contribution in [2.24, 2.45) is 11.1 Å². The minimum Gasteiger partial charge on any atom is -0.508 e. The summed E-state index contributed by atoms with van der Waals surface area (Å²) < 4.78 is 0. The van der Waals surface area contributed by atoms with E-state index in [0.29, 0.717) is 12.3 Å². The number of nitrogens with zero attached hydrogens (tertiary/aromatic N) is 1. The van der Waals surface area contributed by atoms with Gasteiger partial charge in [0.15, 0.2) is 0 Å². The van der Waals surface area contributed by atoms with E-state index in [1.807, 2.05) is 17.0 Å². The Morgan fingerprint density at radius 1 is 1.47 bits per heavy atom. The van der Waals surface area contributed by atoms with Gasteiger partial charge in [0.05, 0.1) is 5.75 Å². The minimum absolute atomic E-state index is 0.0822. The van der Waals surface area contributed by atoms with Crippen LogP contribution in [0.25, 0.3) is 0 Å². The van der Waals surface area contributed by atoms with Crippen molar-refractivity contribution in [1.82, 2.24) is 4.90 Å². The van der Waals surface area contributed by atoms with Crippen molar-refractivity contribution in [3.05, 3.63) is 24.3 Å². The van der Waals surface area contributed by atoms with E-state index < -0.39 is 0 Å². The lowest BCUT2D eigenvalue weighted by Crippen LogP contribution is -2.35. The molecule has 1 amide bonds. The molecule has 0 bridgehead atoms. The van der Waals surface area contributed by atoms with Gasteiger partial charge in [0, 0.05) is 18.0 Å². The number of likely N-dealkylation sites (tertiary alicyclic amines) is 1. The Morgan fingerprint density at radius 2 is 2.16 bits per heavy atom. The molecule has 0 aliphatic carbocycles. The number of carbonyl (C=O) groups is 1. The summed E-state index contributed by atoms with van der Waals surface area (Å²) >= 11 is 1.50. The Hall–Kier alpha value is -1.20. The molecule has 2 rings (SSSR count). The van der Waals surface area contributed by atoms with Gasteiger partial charge in [-0.25, -0.2) is 0 Å². The van der Waals surface area contributed by atoms with Gasteiger partial charge in [0.25, 0.3) is 0 Å². The van der Waals surface area contributed by atoms with Crippen LogP contribution in [0, 0.1) is 5.41 Å². The van der Waals surface area contributed by atoms with Gasteiger partial charge in [-0.3, -0.25) is 4.79 Å². The second kappa shape index (κ2) is 5.84. The number of rotatable bonds is 4. The van der Waals surface area contributed by atoms with Crippen molar-refractivity contribution in [3.8, 4) is 5.75 Å². The monoisotopic (exact) mass is 280 g/mol. The van der Waals surface area contributed by atoms with Crippen molar-refractivity contribution >= 4 is 17.7 Å². The zero-order valence-electron chi connectivity index (χ0n) is 11.1. The maximum Gasteiger partial charge on any atom is 0.232 e. The molecule has 0 saturated carbocycles. The average molecular weight is 280 g/mol. The van der Waals surface area contributed by atoms with Crippen LogP contribution in [0.3, 0.4) is 0 Å². The summed E-state index contributed by atoms with van der Waals surface area (Å²) in [5, 5.41) is 9.20. The molecule has 0 aromatic heterocycles. The Balaban J connectivity index is 1.84. The summed E-state index contributed by atoms with van der Waals surface area (Å²) in [5.74, 6) is 0.843. The number of hydrogen-bond donors (Lipinski definition) is 2. The first kappa shape index (κ1) is 14.2. The topological polar surface area (TPSA) is 66.6 Å². The second-order valence-electron chi connectivity index (χ2n) is 5.36. The van der Waals surface area contributed by atoms with Gasteiger partial charge in [-0.1, -0.05) is 6.92 Å². The van der Waals surface area contributed by atoms with Crippen LogP contribution in [0.5, 0.6) is 5.75 Å². The molecule has 19 heavy (non-hydrogen) atoms. The molecule has 0 spiro atoms. The van der Waals surface area contributed by atoms with E-state index in [1.54, 1.807) is 12.1 Å². The predicted octanol–water partition coefficient (Wildman–Crippen LogP) is 1.68. The molecule has 1 aliphatic rings. The molecule has 0 radical (unpaired) electrons. The number of nitrogens with two attached hydrogens (primary N) is 1. The lowest BCUT2D eigenvalue weighted by atomic mass is 9.90. The molecule has 1 atom stereocenters. The molecule has 1 aliphatic heterocycles. The van der Waals surface area contributed by atoms with Crippen LogP contribution in [-0.2, 0) is 4.79 Å². The van der Waals surface area contributed by atoms with E-state index in [9.17, 15) is 9.90 Å². The first-order chi connectivity index (χ1) is 9.02. The number of aromatic hydroxyl groups is 1. The van der Waals surface area contributed by atoms with Crippen LogP contribution in [0.1, 0.15) is 13.3 Å². The van der Waals surface area contributed by atoms with Crippen LogP contribution >= 0.6 is 11.8 Å². The molecule has 4 nitrogen and oxygen atoms in total. The zero-order valence-corrected chi connectivity index (χ0v) is 11.9. The smallest absolute Gasteiger partial charge is 0.232 e.